The average Bonchev–Trinajstić information content (AvgIpc) is 2.61. The summed E-state index contributed by atoms with van der Waals surface area (Å²) in [6.45, 7) is 20.6. The molecule has 0 saturated heterocycles. The van der Waals surface area contributed by atoms with Crippen LogP contribution < -0.4 is 0 Å². The molecule has 0 aromatic heterocycles. The van der Waals surface area contributed by atoms with Gasteiger partial charge >= 0.3 is 49.1 Å². The van der Waals surface area contributed by atoms with Crippen LogP contribution in [0.15, 0.2) is 0 Å². The van der Waals surface area contributed by atoms with Crippen molar-refractivity contribution >= 4 is 64.6 Å². The molecule has 0 fully saturated rings. The molecular formula is C18H45CoI2P3. The summed E-state index contributed by atoms with van der Waals surface area (Å²) in [4.78, 5) is 0. The number of hydrogen-bond acceptors (Lipinski definition) is 0. The molecule has 0 aliphatic rings. The predicted octanol–water partition coefficient (Wildman–Crippen LogP) is 9.35. The van der Waals surface area contributed by atoms with Gasteiger partial charge in [-0.25, -0.2) is 0 Å². The van der Waals surface area contributed by atoms with Gasteiger partial charge in [0.1, 0.15) is 0 Å². The molecule has 0 bridgehead atoms. The summed E-state index contributed by atoms with van der Waals surface area (Å²) >= 11 is 4.49. The molecule has 0 amide bonds. The van der Waals surface area contributed by atoms with Crippen LogP contribution >= 0.6 is 64.6 Å². The van der Waals surface area contributed by atoms with E-state index >= 15 is 0 Å². The fourth-order valence-corrected chi connectivity index (χ4v) is 6.04. The Morgan fingerprint density at radius 1 is 0.417 bits per heavy atom. The Morgan fingerprint density at radius 2 is 0.500 bits per heavy atom. The van der Waals surface area contributed by atoms with Crippen LogP contribution in [-0.4, -0.2) is 55.5 Å². The van der Waals surface area contributed by atoms with E-state index in [9.17, 15) is 0 Å². The number of halogens is 2. The first-order chi connectivity index (χ1) is 11.5. The average molecular weight is 667 g/mol. The van der Waals surface area contributed by atoms with Crippen molar-refractivity contribution < 1.29 is 8.26 Å². The van der Waals surface area contributed by atoms with Crippen LogP contribution in [0.5, 0.6) is 0 Å². The molecule has 0 aromatic rings. The van der Waals surface area contributed by atoms with Gasteiger partial charge in [0.15, 0.2) is 0 Å². The second-order valence-electron chi connectivity index (χ2n) is 4.91. The Labute approximate surface area is 188 Å². The van der Waals surface area contributed by atoms with Gasteiger partial charge in [0.05, 0.1) is 0 Å². The maximum absolute atomic E-state index is 2.29. The Hall–Kier alpha value is 3.26. The van der Waals surface area contributed by atoms with E-state index in [-0.39, 0.29) is 0 Å². The van der Waals surface area contributed by atoms with E-state index in [4.69, 9.17) is 0 Å². The second-order valence-corrected chi connectivity index (χ2v) is 23.4. The molecule has 0 heterocycles. The van der Waals surface area contributed by atoms with Crippen molar-refractivity contribution in [3.8, 4) is 0 Å². The van der Waals surface area contributed by atoms with E-state index in [0.29, 0.717) is 23.8 Å². The normalized spacial score (nSPS) is 9.92. The molecule has 0 aromatic carbocycles. The molecule has 6 heteroatoms. The van der Waals surface area contributed by atoms with E-state index in [2.05, 4.69) is 103 Å². The third-order valence-electron chi connectivity index (χ3n) is 4.02. The standard InChI is InChI=1S/3C6H15P.Co.2HI/c3*1-4-7(5-2)6-3;;;/h3*4-6H2,1-3H3;;2*1H/q;;;+2;;/p-2. The summed E-state index contributed by atoms with van der Waals surface area (Å²) < 4.78 is 0. The van der Waals surface area contributed by atoms with Gasteiger partial charge < -0.3 is 0 Å². The van der Waals surface area contributed by atoms with E-state index in [0.717, 1.165) is 0 Å². The number of rotatable bonds is 9. The molecule has 155 valence electrons. The third kappa shape index (κ3) is 32.9. The van der Waals surface area contributed by atoms with Gasteiger partial charge in [0.25, 0.3) is 0 Å². The van der Waals surface area contributed by atoms with Crippen molar-refractivity contribution in [2.75, 3.05) is 55.5 Å². The quantitative estimate of drug-likeness (QED) is 0.170. The molecular weight excluding hydrogens is 622 g/mol. The van der Waals surface area contributed by atoms with Crippen LogP contribution in [0.2, 0.25) is 0 Å². The summed E-state index contributed by atoms with van der Waals surface area (Å²) in [5, 5.41) is 0. The van der Waals surface area contributed by atoms with E-state index < -0.39 is 0 Å². The molecule has 0 atom stereocenters. The second kappa shape index (κ2) is 33.8. The van der Waals surface area contributed by atoms with Crippen molar-refractivity contribution in [1.29, 1.82) is 0 Å². The first-order valence-electron chi connectivity index (χ1n) is 9.46. The summed E-state index contributed by atoms with van der Waals surface area (Å²) in [5.41, 5.74) is 0. The van der Waals surface area contributed by atoms with Crippen molar-refractivity contribution in [3.05, 3.63) is 0 Å². The van der Waals surface area contributed by atoms with Gasteiger partial charge in [-0.2, -0.15) is 0 Å². The molecule has 0 spiro atoms. The predicted molar refractivity (Wildman–Crippen MR) is 144 cm³/mol. The van der Waals surface area contributed by atoms with Gasteiger partial charge in [0.2, 0.25) is 0 Å². The van der Waals surface area contributed by atoms with E-state index in [1.165, 1.54) is 63.7 Å². The maximum atomic E-state index is 2.29. The van der Waals surface area contributed by atoms with Crippen LogP contribution in [0.25, 0.3) is 0 Å². The fraction of sp³-hybridized carbons (Fsp3) is 1.00. The molecule has 0 saturated carbocycles. The minimum absolute atomic E-state index is 0.446. The van der Waals surface area contributed by atoms with Crippen LogP contribution in [0.4, 0.5) is 0 Å². The van der Waals surface area contributed by atoms with Crippen molar-refractivity contribution in [2.45, 2.75) is 62.3 Å². The van der Waals surface area contributed by atoms with E-state index in [1.807, 2.05) is 0 Å². The summed E-state index contributed by atoms with van der Waals surface area (Å²) in [7, 11) is 2.72. The Bertz CT molecular complexity index is 133. The monoisotopic (exact) mass is 667 g/mol. The van der Waals surface area contributed by atoms with Gasteiger partial charge in [-0.15, -0.1) is 23.8 Å². The van der Waals surface area contributed by atoms with Crippen molar-refractivity contribution in [3.63, 3.8) is 0 Å². The zero-order valence-corrected chi connectivity index (χ0v) is 25.8. The molecule has 0 N–H and O–H groups in total. The van der Waals surface area contributed by atoms with Crippen LogP contribution in [0.3, 0.4) is 0 Å². The van der Waals surface area contributed by atoms with Crippen LogP contribution in [-0.2, 0) is 8.26 Å². The topological polar surface area (TPSA) is 0 Å². The van der Waals surface area contributed by atoms with Gasteiger partial charge in [-0.3, -0.25) is 0 Å². The Kier molecular flexibility index (Phi) is 48.9. The van der Waals surface area contributed by atoms with Gasteiger partial charge in [-0.1, -0.05) is 62.3 Å². The fourth-order valence-electron chi connectivity index (χ4n) is 2.01. The third-order valence-corrected chi connectivity index (χ3v) is 12.1. The van der Waals surface area contributed by atoms with Crippen LogP contribution in [0.1, 0.15) is 62.3 Å². The molecule has 0 nitrogen and oxygen atoms in total. The first kappa shape index (κ1) is 34.7. The number of hydrogen-bond donors (Lipinski definition) is 0. The van der Waals surface area contributed by atoms with Crippen molar-refractivity contribution in [1.82, 2.24) is 0 Å². The zero-order valence-electron chi connectivity index (χ0n) is 17.8. The van der Waals surface area contributed by atoms with Crippen molar-refractivity contribution in [2.24, 2.45) is 0 Å². The summed E-state index contributed by atoms with van der Waals surface area (Å²) in [5.74, 6) is 0. The van der Waals surface area contributed by atoms with Crippen LogP contribution in [0, 0.1) is 0 Å². The van der Waals surface area contributed by atoms with Gasteiger partial charge in [0, 0.05) is 0 Å². The molecule has 0 radical (unpaired) electrons. The summed E-state index contributed by atoms with van der Waals surface area (Å²) in [6.07, 6.45) is 12.8. The first-order valence-corrected chi connectivity index (χ1v) is 21.9. The van der Waals surface area contributed by atoms with E-state index in [1.54, 1.807) is 0 Å². The SMILES string of the molecule is CCP(CC)CC.CCP(CC)CC.CCP(CC)CC.[I][Co][I]. The Morgan fingerprint density at radius 3 is 0.500 bits per heavy atom. The molecule has 0 aliphatic carbocycles. The molecule has 24 heavy (non-hydrogen) atoms. The molecule has 0 aliphatic heterocycles. The minimum atomic E-state index is 0.446. The molecule has 0 unspecified atom stereocenters. The molecule has 0 rings (SSSR count). The Balaban J connectivity index is -0.000000115. The zero-order chi connectivity index (χ0) is 19.8. The summed E-state index contributed by atoms with van der Waals surface area (Å²) in [6, 6.07) is 0. The van der Waals surface area contributed by atoms with Gasteiger partial charge in [-0.05, 0) is 55.5 Å².